The summed E-state index contributed by atoms with van der Waals surface area (Å²) in [6.07, 6.45) is 5.95. The van der Waals surface area contributed by atoms with E-state index in [0.717, 1.165) is 25.9 Å². The van der Waals surface area contributed by atoms with Gasteiger partial charge in [-0.25, -0.2) is 4.79 Å². The standard InChI is InChI=1S/C24H28N2O2/c1-4-28-24(27)26-12-9-18(10-13-26)22-21-8-7-16(2)14-19(21)15-17(3)20-6-5-11-25-23(20)22/h5-8,11,14-15,18,22H,4,9-10,12-13H2,1-3H3. The fourth-order valence-electron chi connectivity index (χ4n) is 4.67. The van der Waals surface area contributed by atoms with E-state index in [0.29, 0.717) is 12.5 Å². The molecule has 4 nitrogen and oxygen atoms in total. The van der Waals surface area contributed by atoms with Crippen molar-refractivity contribution >= 4 is 17.7 Å². The molecule has 28 heavy (non-hydrogen) atoms. The molecule has 1 aliphatic heterocycles. The molecule has 1 aliphatic carbocycles. The Morgan fingerprint density at radius 2 is 2.00 bits per heavy atom. The number of ether oxygens (including phenoxy) is 1. The first kappa shape index (κ1) is 18.7. The molecule has 1 aromatic heterocycles. The average molecular weight is 377 g/mol. The molecule has 1 atom stereocenters. The highest BCUT2D eigenvalue weighted by molar-refractivity contribution is 5.84. The number of aryl methyl sites for hydroxylation is 1. The summed E-state index contributed by atoms with van der Waals surface area (Å²) in [6, 6.07) is 11.0. The van der Waals surface area contributed by atoms with Gasteiger partial charge in [0.2, 0.25) is 0 Å². The van der Waals surface area contributed by atoms with Crippen LogP contribution in [-0.2, 0) is 4.74 Å². The van der Waals surface area contributed by atoms with E-state index < -0.39 is 0 Å². The fraction of sp³-hybridized carbons (Fsp3) is 0.417. The molecule has 0 saturated carbocycles. The summed E-state index contributed by atoms with van der Waals surface area (Å²) in [5.41, 5.74) is 7.62. The highest BCUT2D eigenvalue weighted by atomic mass is 16.6. The fourth-order valence-corrected chi connectivity index (χ4v) is 4.67. The van der Waals surface area contributed by atoms with Gasteiger partial charge in [0, 0.05) is 25.2 Å². The van der Waals surface area contributed by atoms with Crippen LogP contribution < -0.4 is 0 Å². The molecule has 146 valence electrons. The van der Waals surface area contributed by atoms with Gasteiger partial charge in [-0.1, -0.05) is 35.9 Å². The lowest BCUT2D eigenvalue weighted by Gasteiger charge is -2.36. The van der Waals surface area contributed by atoms with Crippen molar-refractivity contribution in [1.82, 2.24) is 9.88 Å². The van der Waals surface area contributed by atoms with Gasteiger partial charge in [0.1, 0.15) is 0 Å². The molecular weight excluding hydrogens is 348 g/mol. The molecular formula is C24H28N2O2. The molecule has 0 bridgehead atoms. The van der Waals surface area contributed by atoms with Crippen molar-refractivity contribution < 1.29 is 9.53 Å². The van der Waals surface area contributed by atoms with Gasteiger partial charge in [-0.05, 0) is 67.9 Å². The van der Waals surface area contributed by atoms with Crippen molar-refractivity contribution in [2.45, 2.75) is 39.5 Å². The summed E-state index contributed by atoms with van der Waals surface area (Å²) in [5, 5.41) is 0. The van der Waals surface area contributed by atoms with Gasteiger partial charge in [-0.3, -0.25) is 4.98 Å². The predicted octanol–water partition coefficient (Wildman–Crippen LogP) is 5.26. The van der Waals surface area contributed by atoms with E-state index in [4.69, 9.17) is 9.72 Å². The predicted molar refractivity (Wildman–Crippen MR) is 112 cm³/mol. The quantitative estimate of drug-likeness (QED) is 0.717. The zero-order valence-corrected chi connectivity index (χ0v) is 16.9. The van der Waals surface area contributed by atoms with Crippen LogP contribution in [0.1, 0.15) is 60.6 Å². The third kappa shape index (κ3) is 3.44. The number of allylic oxidation sites excluding steroid dienone is 1. The lowest BCUT2D eigenvalue weighted by atomic mass is 9.76. The van der Waals surface area contributed by atoms with Crippen LogP contribution in [0.5, 0.6) is 0 Å². The lowest BCUT2D eigenvalue weighted by molar-refractivity contribution is 0.0900. The number of carbonyl (C=O) groups is 1. The smallest absolute Gasteiger partial charge is 0.409 e. The van der Waals surface area contributed by atoms with Crippen LogP contribution in [0.2, 0.25) is 0 Å². The second kappa shape index (κ2) is 7.78. The molecule has 2 aromatic rings. The number of piperidine rings is 1. The molecule has 0 spiro atoms. The molecule has 1 saturated heterocycles. The van der Waals surface area contributed by atoms with Crippen LogP contribution in [0.3, 0.4) is 0 Å². The largest absolute Gasteiger partial charge is 0.450 e. The van der Waals surface area contributed by atoms with E-state index in [1.54, 1.807) is 0 Å². The number of likely N-dealkylation sites (tertiary alicyclic amines) is 1. The molecule has 0 N–H and O–H groups in total. The topological polar surface area (TPSA) is 42.4 Å². The molecule has 4 heteroatoms. The Bertz CT molecular complexity index is 911. The summed E-state index contributed by atoms with van der Waals surface area (Å²) in [5.74, 6) is 0.713. The van der Waals surface area contributed by atoms with Crippen LogP contribution in [0, 0.1) is 12.8 Å². The summed E-state index contributed by atoms with van der Waals surface area (Å²) in [6.45, 7) is 8.10. The van der Waals surface area contributed by atoms with Gasteiger partial charge in [-0.15, -0.1) is 0 Å². The molecule has 1 aromatic carbocycles. The van der Waals surface area contributed by atoms with Gasteiger partial charge in [-0.2, -0.15) is 0 Å². The summed E-state index contributed by atoms with van der Waals surface area (Å²) in [7, 11) is 0. The Morgan fingerprint density at radius 3 is 2.75 bits per heavy atom. The zero-order chi connectivity index (χ0) is 19.7. The highest BCUT2D eigenvalue weighted by Gasteiger charge is 2.34. The van der Waals surface area contributed by atoms with E-state index in [2.05, 4.69) is 44.2 Å². The Hall–Kier alpha value is -2.62. The van der Waals surface area contributed by atoms with Crippen LogP contribution >= 0.6 is 0 Å². The molecule has 1 amide bonds. The van der Waals surface area contributed by atoms with Crippen molar-refractivity contribution in [2.75, 3.05) is 19.7 Å². The number of rotatable bonds is 2. The number of amides is 1. The Labute approximate surface area is 167 Å². The monoisotopic (exact) mass is 376 g/mol. The van der Waals surface area contributed by atoms with Crippen molar-refractivity contribution in [1.29, 1.82) is 0 Å². The number of aromatic nitrogens is 1. The Kier molecular flexibility index (Phi) is 5.21. The number of carbonyl (C=O) groups excluding carboxylic acids is 1. The average Bonchev–Trinajstić information content (AvgIpc) is 2.82. The second-order valence-corrected chi connectivity index (χ2v) is 7.90. The third-order valence-electron chi connectivity index (χ3n) is 6.04. The Balaban J connectivity index is 1.70. The maximum absolute atomic E-state index is 12.1. The first-order chi connectivity index (χ1) is 13.6. The molecule has 2 heterocycles. The van der Waals surface area contributed by atoms with Crippen molar-refractivity contribution in [2.24, 2.45) is 5.92 Å². The number of hydrogen-bond acceptors (Lipinski definition) is 3. The maximum atomic E-state index is 12.1. The van der Waals surface area contributed by atoms with Crippen molar-refractivity contribution in [3.05, 3.63) is 64.5 Å². The minimum absolute atomic E-state index is 0.186. The van der Waals surface area contributed by atoms with Gasteiger partial charge in [0.15, 0.2) is 0 Å². The first-order valence-electron chi connectivity index (χ1n) is 10.2. The lowest BCUT2D eigenvalue weighted by Crippen LogP contribution is -2.40. The number of nitrogens with zero attached hydrogens (tertiary/aromatic N) is 2. The maximum Gasteiger partial charge on any atom is 0.409 e. The summed E-state index contributed by atoms with van der Waals surface area (Å²) >= 11 is 0. The molecule has 0 radical (unpaired) electrons. The van der Waals surface area contributed by atoms with Crippen LogP contribution in [0.15, 0.2) is 36.5 Å². The third-order valence-corrected chi connectivity index (χ3v) is 6.04. The van der Waals surface area contributed by atoms with Crippen LogP contribution in [0.25, 0.3) is 11.6 Å². The minimum Gasteiger partial charge on any atom is -0.450 e. The number of benzene rings is 1. The molecule has 4 rings (SSSR count). The summed E-state index contributed by atoms with van der Waals surface area (Å²) < 4.78 is 5.19. The van der Waals surface area contributed by atoms with E-state index >= 15 is 0 Å². The molecule has 2 aliphatic rings. The second-order valence-electron chi connectivity index (χ2n) is 7.90. The van der Waals surface area contributed by atoms with E-state index in [1.807, 2.05) is 24.1 Å². The summed E-state index contributed by atoms with van der Waals surface area (Å²) in [4.78, 5) is 18.8. The zero-order valence-electron chi connectivity index (χ0n) is 16.9. The Morgan fingerprint density at radius 1 is 1.21 bits per heavy atom. The first-order valence-corrected chi connectivity index (χ1v) is 10.2. The van der Waals surface area contributed by atoms with E-state index in [1.165, 1.54) is 33.5 Å². The SMILES string of the molecule is CCOC(=O)N1CCC(C2c3ccc(C)cc3C=C(C)c3cccnc32)CC1. The highest BCUT2D eigenvalue weighted by Crippen LogP contribution is 2.44. The van der Waals surface area contributed by atoms with Gasteiger partial charge in [0.05, 0.1) is 12.3 Å². The number of hydrogen-bond donors (Lipinski definition) is 0. The van der Waals surface area contributed by atoms with Crippen molar-refractivity contribution in [3.63, 3.8) is 0 Å². The van der Waals surface area contributed by atoms with E-state index in [-0.39, 0.29) is 12.0 Å². The van der Waals surface area contributed by atoms with Gasteiger partial charge >= 0.3 is 6.09 Å². The van der Waals surface area contributed by atoms with E-state index in [9.17, 15) is 4.79 Å². The van der Waals surface area contributed by atoms with Crippen molar-refractivity contribution in [3.8, 4) is 0 Å². The van der Waals surface area contributed by atoms with Crippen LogP contribution in [0.4, 0.5) is 4.79 Å². The molecule has 1 unspecified atom stereocenters. The molecule has 1 fully saturated rings. The van der Waals surface area contributed by atoms with Gasteiger partial charge in [0.25, 0.3) is 0 Å². The van der Waals surface area contributed by atoms with Crippen LogP contribution in [-0.4, -0.2) is 35.7 Å². The van der Waals surface area contributed by atoms with Gasteiger partial charge < -0.3 is 9.64 Å². The number of pyridine rings is 1. The number of fused-ring (bicyclic) bond motifs is 2. The minimum atomic E-state index is -0.186. The normalized spacial score (nSPS) is 19.3.